The zero-order valence-corrected chi connectivity index (χ0v) is 13.2. The number of primary amides is 1. The van der Waals surface area contributed by atoms with Crippen LogP contribution < -0.4 is 16.8 Å². The molecule has 2 aromatic rings. The first-order chi connectivity index (χ1) is 11.6. The number of hydrogen-bond acceptors (Lipinski definition) is 4. The van der Waals surface area contributed by atoms with Crippen LogP contribution in [0.3, 0.4) is 0 Å². The summed E-state index contributed by atoms with van der Waals surface area (Å²) in [4.78, 5) is 26.1. The minimum absolute atomic E-state index is 0.234. The van der Waals surface area contributed by atoms with Crippen LogP contribution in [-0.2, 0) is 4.79 Å². The Kier molecular flexibility index (Phi) is 4.37. The molecule has 0 spiro atoms. The highest BCUT2D eigenvalue weighted by molar-refractivity contribution is 6.04. The van der Waals surface area contributed by atoms with Gasteiger partial charge in [-0.1, -0.05) is 24.3 Å². The van der Waals surface area contributed by atoms with E-state index in [-0.39, 0.29) is 5.91 Å². The molecule has 1 aliphatic heterocycles. The third-order valence-electron chi connectivity index (χ3n) is 4.21. The van der Waals surface area contributed by atoms with E-state index in [0.29, 0.717) is 29.9 Å². The predicted octanol–water partition coefficient (Wildman–Crippen LogP) is 2.10. The number of benzene rings is 2. The lowest BCUT2D eigenvalue weighted by atomic mass is 10.1. The molecule has 1 atom stereocenters. The Balaban J connectivity index is 1.94. The lowest BCUT2D eigenvalue weighted by Gasteiger charge is -2.24. The minimum atomic E-state index is -0.552. The number of rotatable bonds is 4. The van der Waals surface area contributed by atoms with Crippen molar-refractivity contribution in [1.82, 2.24) is 4.90 Å². The maximum absolute atomic E-state index is 12.9. The number of nitrogens with two attached hydrogens (primary N) is 2. The van der Waals surface area contributed by atoms with Crippen LogP contribution in [-0.4, -0.2) is 29.3 Å². The number of hydrogen-bond donors (Lipinski definition) is 3. The summed E-state index contributed by atoms with van der Waals surface area (Å²) in [6.45, 7) is 0.520. The lowest BCUT2D eigenvalue weighted by Crippen LogP contribution is -2.43. The quantitative estimate of drug-likeness (QED) is 0.750. The average molecular weight is 324 g/mol. The summed E-state index contributed by atoms with van der Waals surface area (Å²) in [5.41, 5.74) is 13.8. The van der Waals surface area contributed by atoms with Gasteiger partial charge in [-0.05, 0) is 37.1 Å². The predicted molar refractivity (Wildman–Crippen MR) is 93.8 cm³/mol. The van der Waals surface area contributed by atoms with Crippen LogP contribution in [0.4, 0.5) is 17.1 Å². The zero-order valence-electron chi connectivity index (χ0n) is 13.2. The zero-order chi connectivity index (χ0) is 17.1. The van der Waals surface area contributed by atoms with Crippen LogP contribution >= 0.6 is 0 Å². The Morgan fingerprint density at radius 2 is 1.83 bits per heavy atom. The molecular formula is C18H20N4O2. The van der Waals surface area contributed by atoms with Crippen LogP contribution in [0.2, 0.25) is 0 Å². The minimum Gasteiger partial charge on any atom is -0.397 e. The number of para-hydroxylation sites is 2. The fourth-order valence-electron chi connectivity index (χ4n) is 3.01. The summed E-state index contributed by atoms with van der Waals surface area (Å²) < 4.78 is 0. The van der Waals surface area contributed by atoms with Crippen LogP contribution in [0.5, 0.6) is 0 Å². The van der Waals surface area contributed by atoms with Gasteiger partial charge in [-0.25, -0.2) is 0 Å². The van der Waals surface area contributed by atoms with E-state index in [0.717, 1.165) is 12.1 Å². The highest BCUT2D eigenvalue weighted by Crippen LogP contribution is 2.30. The highest BCUT2D eigenvalue weighted by atomic mass is 16.2. The highest BCUT2D eigenvalue weighted by Gasteiger charge is 2.34. The van der Waals surface area contributed by atoms with E-state index >= 15 is 0 Å². The van der Waals surface area contributed by atoms with E-state index in [1.165, 1.54) is 4.90 Å². The molecule has 0 aliphatic carbocycles. The molecule has 6 nitrogen and oxygen atoms in total. The Morgan fingerprint density at radius 1 is 1.08 bits per heavy atom. The Morgan fingerprint density at radius 3 is 2.54 bits per heavy atom. The number of nitrogens with one attached hydrogen (secondary N) is 1. The topological polar surface area (TPSA) is 101 Å². The van der Waals surface area contributed by atoms with Gasteiger partial charge in [0.25, 0.3) is 5.91 Å². The molecule has 1 heterocycles. The average Bonchev–Trinajstić information content (AvgIpc) is 3.07. The second-order valence-electron chi connectivity index (χ2n) is 5.82. The van der Waals surface area contributed by atoms with Crippen LogP contribution in [0.1, 0.15) is 23.2 Å². The molecule has 0 saturated carbocycles. The molecule has 2 amide bonds. The van der Waals surface area contributed by atoms with Crippen molar-refractivity contribution in [3.05, 3.63) is 54.1 Å². The first-order valence-electron chi connectivity index (χ1n) is 7.89. The fraction of sp³-hybridized carbons (Fsp3) is 0.222. The van der Waals surface area contributed by atoms with Gasteiger partial charge in [0.05, 0.1) is 16.9 Å². The molecule has 2 aromatic carbocycles. The number of carbonyl (C=O) groups excluding carboxylic acids is 2. The first kappa shape index (κ1) is 15.9. The van der Waals surface area contributed by atoms with E-state index in [1.807, 2.05) is 30.3 Å². The lowest BCUT2D eigenvalue weighted by molar-refractivity contribution is -0.121. The van der Waals surface area contributed by atoms with Crippen molar-refractivity contribution in [1.29, 1.82) is 0 Å². The maximum Gasteiger partial charge on any atom is 0.256 e. The molecule has 5 N–H and O–H groups in total. The van der Waals surface area contributed by atoms with Crippen LogP contribution in [0.25, 0.3) is 0 Å². The van der Waals surface area contributed by atoms with Crippen molar-refractivity contribution in [2.75, 3.05) is 17.6 Å². The van der Waals surface area contributed by atoms with Gasteiger partial charge >= 0.3 is 0 Å². The van der Waals surface area contributed by atoms with Gasteiger partial charge in [0, 0.05) is 12.2 Å². The molecular weight excluding hydrogens is 304 g/mol. The second-order valence-corrected chi connectivity index (χ2v) is 5.82. The van der Waals surface area contributed by atoms with E-state index in [1.54, 1.807) is 18.2 Å². The number of amides is 2. The van der Waals surface area contributed by atoms with Gasteiger partial charge in [-0.15, -0.1) is 0 Å². The van der Waals surface area contributed by atoms with Crippen molar-refractivity contribution in [2.24, 2.45) is 5.73 Å². The summed E-state index contributed by atoms with van der Waals surface area (Å²) in [5, 5.41) is 3.20. The van der Waals surface area contributed by atoms with Gasteiger partial charge in [0.1, 0.15) is 6.04 Å². The summed E-state index contributed by atoms with van der Waals surface area (Å²) in [6, 6.07) is 14.1. The Hall–Kier alpha value is -3.02. The van der Waals surface area contributed by atoms with Crippen molar-refractivity contribution in [2.45, 2.75) is 18.9 Å². The smallest absolute Gasteiger partial charge is 0.256 e. The van der Waals surface area contributed by atoms with E-state index < -0.39 is 11.9 Å². The van der Waals surface area contributed by atoms with Crippen molar-refractivity contribution in [3.63, 3.8) is 0 Å². The molecule has 0 unspecified atom stereocenters. The van der Waals surface area contributed by atoms with Crippen molar-refractivity contribution in [3.8, 4) is 0 Å². The summed E-state index contributed by atoms with van der Waals surface area (Å²) >= 11 is 0. The first-order valence-corrected chi connectivity index (χ1v) is 7.89. The standard InChI is InChI=1S/C18H20N4O2/c19-14-9-4-8-13(16(14)21-12-6-2-1-3-7-12)18(24)22-11-5-10-15(22)17(20)23/h1-4,6-9,15,21H,5,10-11,19H2,(H2,20,23)/t15-/m0/s1. The van der Waals surface area contributed by atoms with Crippen molar-refractivity contribution < 1.29 is 9.59 Å². The van der Waals surface area contributed by atoms with E-state index in [4.69, 9.17) is 11.5 Å². The number of carbonyl (C=O) groups is 2. The van der Waals surface area contributed by atoms with Crippen LogP contribution in [0, 0.1) is 0 Å². The third kappa shape index (κ3) is 3.03. The third-order valence-corrected chi connectivity index (χ3v) is 4.21. The second kappa shape index (κ2) is 6.62. The SMILES string of the molecule is NC(=O)[C@@H]1CCCN1C(=O)c1cccc(N)c1Nc1ccccc1. The molecule has 6 heteroatoms. The molecule has 1 saturated heterocycles. The molecule has 1 aliphatic rings. The van der Waals surface area contributed by atoms with E-state index in [9.17, 15) is 9.59 Å². The Bertz CT molecular complexity index is 761. The van der Waals surface area contributed by atoms with Gasteiger partial charge in [0.2, 0.25) is 5.91 Å². The molecule has 24 heavy (non-hydrogen) atoms. The summed E-state index contributed by atoms with van der Waals surface area (Å²) in [7, 11) is 0. The monoisotopic (exact) mass is 324 g/mol. The van der Waals surface area contributed by atoms with Gasteiger partial charge < -0.3 is 21.7 Å². The van der Waals surface area contributed by atoms with Crippen LogP contribution in [0.15, 0.2) is 48.5 Å². The number of nitrogen functional groups attached to an aromatic ring is 1. The summed E-state index contributed by atoms with van der Waals surface area (Å²) in [6.07, 6.45) is 1.37. The Labute approximate surface area is 140 Å². The fourth-order valence-corrected chi connectivity index (χ4v) is 3.01. The molecule has 0 aromatic heterocycles. The number of likely N-dealkylation sites (tertiary alicyclic amines) is 1. The normalized spacial score (nSPS) is 16.8. The molecule has 124 valence electrons. The molecule has 0 bridgehead atoms. The molecule has 1 fully saturated rings. The van der Waals surface area contributed by atoms with Gasteiger partial charge in [0.15, 0.2) is 0 Å². The van der Waals surface area contributed by atoms with Gasteiger partial charge in [-0.2, -0.15) is 0 Å². The molecule has 3 rings (SSSR count). The number of nitrogens with zero attached hydrogens (tertiary/aromatic N) is 1. The van der Waals surface area contributed by atoms with E-state index in [2.05, 4.69) is 5.32 Å². The number of anilines is 3. The maximum atomic E-state index is 12.9. The molecule has 0 radical (unpaired) electrons. The van der Waals surface area contributed by atoms with Gasteiger partial charge in [-0.3, -0.25) is 9.59 Å². The van der Waals surface area contributed by atoms with Crippen molar-refractivity contribution >= 4 is 28.9 Å². The largest absolute Gasteiger partial charge is 0.397 e. The summed E-state index contributed by atoms with van der Waals surface area (Å²) in [5.74, 6) is -0.704.